The lowest BCUT2D eigenvalue weighted by molar-refractivity contribution is 0.0126. The highest BCUT2D eigenvalue weighted by Gasteiger charge is 2.27. The zero-order chi connectivity index (χ0) is 23.6. The Labute approximate surface area is 195 Å². The van der Waals surface area contributed by atoms with Crippen molar-refractivity contribution in [2.45, 2.75) is 52.2 Å². The van der Waals surface area contributed by atoms with Crippen molar-refractivity contribution in [2.24, 2.45) is 0 Å². The molecule has 0 atom stereocenters. The fraction of sp³-hybridized carbons (Fsp3) is 0.407. The van der Waals surface area contributed by atoms with Crippen molar-refractivity contribution in [3.63, 3.8) is 0 Å². The molecule has 0 bridgehead atoms. The number of rotatable bonds is 4. The van der Waals surface area contributed by atoms with Gasteiger partial charge in [-0.25, -0.2) is 9.78 Å². The molecule has 0 aliphatic carbocycles. The number of carbonyl (C=O) groups excluding carboxylic acids is 1. The lowest BCUT2D eigenvalue weighted by atomic mass is 9.97. The summed E-state index contributed by atoms with van der Waals surface area (Å²) in [6, 6.07) is 16.3. The van der Waals surface area contributed by atoms with Crippen molar-refractivity contribution in [1.29, 1.82) is 0 Å². The van der Waals surface area contributed by atoms with Crippen LogP contribution in [0.5, 0.6) is 11.6 Å². The second-order valence-electron chi connectivity index (χ2n) is 9.47. The molecule has 1 aromatic heterocycles. The molecule has 6 heteroatoms. The molecule has 0 unspecified atom stereocenters. The third-order valence-electron chi connectivity index (χ3n) is 5.86. The molecular weight excluding hydrogens is 416 g/mol. The molecule has 0 saturated carbocycles. The second kappa shape index (κ2) is 9.30. The van der Waals surface area contributed by atoms with E-state index in [9.17, 15) is 4.79 Å². The number of nitrogens with zero attached hydrogens (tertiary/aromatic N) is 2. The molecule has 4 rings (SSSR count). The highest BCUT2D eigenvalue weighted by atomic mass is 16.6. The Hall–Kier alpha value is -3.28. The van der Waals surface area contributed by atoms with E-state index in [2.05, 4.69) is 36.2 Å². The van der Waals surface area contributed by atoms with E-state index in [1.54, 1.807) is 12.0 Å². The average Bonchev–Trinajstić information content (AvgIpc) is 2.79. The number of amides is 1. The number of benzene rings is 2. The summed E-state index contributed by atoms with van der Waals surface area (Å²) in [7, 11) is 1.63. The van der Waals surface area contributed by atoms with Gasteiger partial charge in [-0.3, -0.25) is 0 Å². The summed E-state index contributed by atoms with van der Waals surface area (Å²) in [4.78, 5) is 18.6. The summed E-state index contributed by atoms with van der Waals surface area (Å²) in [5.74, 6) is 1.46. The van der Waals surface area contributed by atoms with Gasteiger partial charge in [0, 0.05) is 37.4 Å². The molecule has 1 saturated heterocycles. The van der Waals surface area contributed by atoms with Crippen LogP contribution < -0.4 is 9.47 Å². The zero-order valence-electron chi connectivity index (χ0n) is 20.1. The number of carbonyl (C=O) groups is 1. The van der Waals surface area contributed by atoms with Crippen LogP contribution in [0, 0.1) is 6.92 Å². The van der Waals surface area contributed by atoms with Crippen molar-refractivity contribution in [2.75, 3.05) is 20.2 Å². The summed E-state index contributed by atoms with van der Waals surface area (Å²) in [5.41, 5.74) is 3.85. The van der Waals surface area contributed by atoms with Crippen molar-refractivity contribution >= 4 is 17.0 Å². The smallest absolute Gasteiger partial charge is 0.410 e. The van der Waals surface area contributed by atoms with E-state index >= 15 is 0 Å². The minimum absolute atomic E-state index is 0.0913. The van der Waals surface area contributed by atoms with Gasteiger partial charge in [-0.05, 0) is 62.6 Å². The number of hydrogen-bond acceptors (Lipinski definition) is 5. The molecule has 174 valence electrons. The van der Waals surface area contributed by atoms with Gasteiger partial charge >= 0.3 is 6.09 Å². The van der Waals surface area contributed by atoms with Gasteiger partial charge in [-0.15, -0.1) is 0 Å². The van der Waals surface area contributed by atoms with Gasteiger partial charge in [0.1, 0.15) is 17.5 Å². The monoisotopic (exact) mass is 448 g/mol. The van der Waals surface area contributed by atoms with Crippen LogP contribution in [-0.2, 0) is 4.74 Å². The predicted molar refractivity (Wildman–Crippen MR) is 130 cm³/mol. The minimum atomic E-state index is -0.475. The van der Waals surface area contributed by atoms with E-state index in [0.29, 0.717) is 19.0 Å². The second-order valence-corrected chi connectivity index (χ2v) is 9.47. The number of pyridine rings is 1. The maximum absolute atomic E-state index is 12.2. The highest BCUT2D eigenvalue weighted by molar-refractivity contribution is 5.89. The van der Waals surface area contributed by atoms with Crippen molar-refractivity contribution in [3.05, 3.63) is 54.1 Å². The first-order chi connectivity index (χ1) is 15.7. The fourth-order valence-corrected chi connectivity index (χ4v) is 4.13. The maximum Gasteiger partial charge on any atom is 0.410 e. The third-order valence-corrected chi connectivity index (χ3v) is 5.86. The van der Waals surface area contributed by atoms with Crippen LogP contribution in [0.1, 0.15) is 39.2 Å². The molecule has 1 aliphatic heterocycles. The van der Waals surface area contributed by atoms with Crippen LogP contribution in [0.15, 0.2) is 48.5 Å². The summed E-state index contributed by atoms with van der Waals surface area (Å²) < 4.78 is 17.0. The number of aryl methyl sites for hydroxylation is 1. The molecule has 0 radical (unpaired) electrons. The zero-order valence-corrected chi connectivity index (χ0v) is 20.1. The quantitative estimate of drug-likeness (QED) is 0.490. The van der Waals surface area contributed by atoms with Gasteiger partial charge < -0.3 is 19.1 Å². The van der Waals surface area contributed by atoms with Crippen LogP contribution >= 0.6 is 0 Å². The molecule has 1 amide bonds. The van der Waals surface area contributed by atoms with Gasteiger partial charge in [-0.1, -0.05) is 24.3 Å². The lowest BCUT2D eigenvalue weighted by Crippen LogP contribution is -2.44. The Morgan fingerprint density at radius 2 is 1.67 bits per heavy atom. The summed E-state index contributed by atoms with van der Waals surface area (Å²) in [6.07, 6.45) is 1.42. The number of hydrogen-bond donors (Lipinski definition) is 0. The Balaban J connectivity index is 1.40. The molecule has 0 N–H and O–H groups in total. The summed E-state index contributed by atoms with van der Waals surface area (Å²) in [6.45, 7) is 9.04. The van der Waals surface area contributed by atoms with Crippen LogP contribution in [0.4, 0.5) is 4.79 Å². The SMILES string of the molecule is COc1ccc2ccc(-c3ccc(OC4CCN(C(=O)OC(C)(C)C)CC4)cc3)c(C)c2n1. The predicted octanol–water partition coefficient (Wildman–Crippen LogP) is 6.00. The molecule has 1 aliphatic rings. The number of piperidine rings is 1. The largest absolute Gasteiger partial charge is 0.490 e. The summed E-state index contributed by atoms with van der Waals surface area (Å²) in [5, 5.41) is 1.09. The van der Waals surface area contributed by atoms with Crippen LogP contribution in [0.25, 0.3) is 22.0 Å². The fourth-order valence-electron chi connectivity index (χ4n) is 4.13. The number of ether oxygens (including phenoxy) is 3. The molecule has 1 fully saturated rings. The van der Waals surface area contributed by atoms with Crippen LogP contribution in [0.3, 0.4) is 0 Å². The Kier molecular flexibility index (Phi) is 6.45. The Bertz CT molecular complexity index is 1130. The first-order valence-electron chi connectivity index (χ1n) is 11.4. The standard InChI is InChI=1S/C27H32N2O4/c1-18-23(12-8-20-9-13-24(31-5)28-25(18)20)19-6-10-21(11-7-19)32-22-14-16-29(17-15-22)26(30)33-27(2,3)4/h6-13,22H,14-17H2,1-5H3. The van der Waals surface area contributed by atoms with Crippen molar-refractivity contribution in [1.82, 2.24) is 9.88 Å². The first kappa shape index (κ1) is 22.9. The topological polar surface area (TPSA) is 60.9 Å². The molecular formula is C27H32N2O4. The lowest BCUT2D eigenvalue weighted by Gasteiger charge is -2.33. The highest BCUT2D eigenvalue weighted by Crippen LogP contribution is 2.31. The van der Waals surface area contributed by atoms with Gasteiger partial charge in [0.2, 0.25) is 5.88 Å². The van der Waals surface area contributed by atoms with Crippen LogP contribution in [-0.4, -0.2) is 47.9 Å². The first-order valence-corrected chi connectivity index (χ1v) is 11.4. The van der Waals surface area contributed by atoms with E-state index < -0.39 is 5.60 Å². The maximum atomic E-state index is 12.2. The van der Waals surface area contributed by atoms with Gasteiger partial charge in [-0.2, -0.15) is 0 Å². The van der Waals surface area contributed by atoms with Crippen LogP contribution in [0.2, 0.25) is 0 Å². The third kappa shape index (κ3) is 5.38. The number of methoxy groups -OCH3 is 1. The summed E-state index contributed by atoms with van der Waals surface area (Å²) >= 11 is 0. The van der Waals surface area contributed by atoms with Crippen molar-refractivity contribution < 1.29 is 19.0 Å². The van der Waals surface area contributed by atoms with E-state index in [1.165, 1.54) is 0 Å². The van der Waals surface area contributed by atoms with Gasteiger partial charge in [0.25, 0.3) is 0 Å². The Morgan fingerprint density at radius 1 is 1.00 bits per heavy atom. The molecule has 3 aromatic rings. The molecule has 6 nitrogen and oxygen atoms in total. The van der Waals surface area contributed by atoms with Gasteiger partial charge in [0.05, 0.1) is 12.6 Å². The average molecular weight is 449 g/mol. The number of fused-ring (bicyclic) bond motifs is 1. The minimum Gasteiger partial charge on any atom is -0.490 e. The van der Waals surface area contributed by atoms with Crippen molar-refractivity contribution in [3.8, 4) is 22.8 Å². The number of aromatic nitrogens is 1. The van der Waals surface area contributed by atoms with E-state index in [0.717, 1.165) is 46.2 Å². The molecule has 0 spiro atoms. The van der Waals surface area contributed by atoms with E-state index in [-0.39, 0.29) is 12.2 Å². The normalized spacial score (nSPS) is 14.9. The molecule has 33 heavy (non-hydrogen) atoms. The van der Waals surface area contributed by atoms with E-state index in [4.69, 9.17) is 14.2 Å². The number of likely N-dealkylation sites (tertiary alicyclic amines) is 1. The van der Waals surface area contributed by atoms with E-state index in [1.807, 2.05) is 45.0 Å². The van der Waals surface area contributed by atoms with Gasteiger partial charge in [0.15, 0.2) is 0 Å². The Morgan fingerprint density at radius 3 is 2.30 bits per heavy atom. The molecule has 2 aromatic carbocycles. The molecule has 2 heterocycles.